The number of nitrogens with two attached hydrogens (primary N) is 1. The smallest absolute Gasteiger partial charge is 0.413 e. The Labute approximate surface area is 322 Å². The number of hydrogen-bond donors (Lipinski definition) is 2. The number of ether oxygens (including phenoxy) is 1. The Kier molecular flexibility index (Phi) is 12.8. The lowest BCUT2D eigenvalue weighted by molar-refractivity contribution is 0.0635. The predicted molar refractivity (Wildman–Crippen MR) is 206 cm³/mol. The van der Waals surface area contributed by atoms with Crippen molar-refractivity contribution >= 4 is 63.5 Å². The maximum atomic E-state index is 11.8. The fraction of sp³-hybridized carbons (Fsp3) is 0.351. The molecule has 0 bridgehead atoms. The molecule has 4 heterocycles. The number of nitrogens with zero attached hydrogens (tertiary/aromatic N) is 7. The van der Waals surface area contributed by atoms with E-state index in [1.54, 1.807) is 51.6 Å². The van der Waals surface area contributed by atoms with Crippen molar-refractivity contribution < 1.29 is 9.53 Å². The lowest BCUT2D eigenvalue weighted by Crippen LogP contribution is -2.28. The molecule has 4 aromatic rings. The summed E-state index contributed by atoms with van der Waals surface area (Å²) in [6.07, 6.45) is 11.4. The van der Waals surface area contributed by atoms with Crippen molar-refractivity contribution in [2.24, 2.45) is 0 Å². The minimum Gasteiger partial charge on any atom is -0.444 e. The molecule has 0 atom stereocenters. The van der Waals surface area contributed by atoms with Gasteiger partial charge < -0.3 is 25.0 Å². The van der Waals surface area contributed by atoms with Gasteiger partial charge in [0.1, 0.15) is 26.1 Å². The summed E-state index contributed by atoms with van der Waals surface area (Å²) in [5.41, 5.74) is 6.53. The number of hydrogen-bond acceptors (Lipinski definition) is 7. The Morgan fingerprint density at radius 2 is 1.22 bits per heavy atom. The second-order valence-electron chi connectivity index (χ2n) is 13.0. The molecular formula is C37H36Cl2IN9O2. The van der Waals surface area contributed by atoms with Crippen molar-refractivity contribution in [1.29, 1.82) is 0 Å². The summed E-state index contributed by atoms with van der Waals surface area (Å²) in [7, 11) is 0. The van der Waals surface area contributed by atoms with Crippen LogP contribution in [0, 0.1) is 23.4 Å². The average Bonchev–Trinajstić information content (AvgIpc) is 3.99. The summed E-state index contributed by atoms with van der Waals surface area (Å²) in [6, 6.07) is 14.7. The van der Waals surface area contributed by atoms with Gasteiger partial charge in [-0.3, -0.25) is 5.32 Å². The molecule has 3 aliphatic rings. The molecule has 0 aliphatic heterocycles. The molecule has 3 N–H and O–H groups in total. The highest BCUT2D eigenvalue weighted by Gasteiger charge is 2.55. The Morgan fingerprint density at radius 3 is 1.67 bits per heavy atom. The monoisotopic (exact) mass is 835 g/mol. The number of nitrogen functional groups attached to an aromatic ring is 1. The molecule has 3 saturated carbocycles. The number of carbonyl (C=O) groups is 1. The van der Waals surface area contributed by atoms with Crippen LogP contribution in [0.25, 0.3) is 14.5 Å². The molecule has 0 aromatic carbocycles. The average molecular weight is 837 g/mol. The van der Waals surface area contributed by atoms with Crippen LogP contribution >= 0.6 is 45.8 Å². The van der Waals surface area contributed by atoms with E-state index in [1.807, 2.05) is 42.5 Å². The lowest BCUT2D eigenvalue weighted by Gasteiger charge is -2.20. The van der Waals surface area contributed by atoms with Crippen LogP contribution in [-0.2, 0) is 21.4 Å². The van der Waals surface area contributed by atoms with Gasteiger partial charge in [-0.25, -0.2) is 44.4 Å². The van der Waals surface area contributed by atoms with Crippen LogP contribution < -0.4 is 11.1 Å². The lowest BCUT2D eigenvalue weighted by atomic mass is 10.1. The van der Waals surface area contributed by atoms with Crippen LogP contribution in [0.3, 0.4) is 0 Å². The number of pyridine rings is 4. The van der Waals surface area contributed by atoms with E-state index in [-0.39, 0.29) is 11.1 Å². The first kappa shape index (κ1) is 39.2. The Hall–Kier alpha value is -4.55. The molecule has 0 saturated heterocycles. The second kappa shape index (κ2) is 16.6. The first-order chi connectivity index (χ1) is 24.2. The standard InChI is InChI=1S/C14H17N3O2.C9H7ClN2.C9H9N3.C5H3ClIN/c1-13(2,3)19-12(18)17-11-10(6-5-9-16-11)14(15-4)7-8-14;2*1-11-9(4-5-9)7-3-2-6-12-8(7)10;6-4-2-1-3-8-5(4)7/h5-6,9H,7-8H2,1-3H3,(H,16,17,18);2-3,6H,4-5H2;2-3,6H,4-5H2,(H2,10,12);1-3H. The molecule has 262 valence electrons. The van der Waals surface area contributed by atoms with Crippen molar-refractivity contribution in [1.82, 2.24) is 19.9 Å². The summed E-state index contributed by atoms with van der Waals surface area (Å²) < 4.78 is 6.05. The fourth-order valence-electron chi connectivity index (χ4n) is 4.87. The highest BCUT2D eigenvalue weighted by Crippen LogP contribution is 2.52. The van der Waals surface area contributed by atoms with Crippen molar-refractivity contribution in [3.8, 4) is 0 Å². The van der Waals surface area contributed by atoms with Gasteiger partial charge in [-0.1, -0.05) is 23.2 Å². The van der Waals surface area contributed by atoms with Crippen LogP contribution in [0.1, 0.15) is 76.0 Å². The molecule has 1 amide bonds. The molecular weight excluding hydrogens is 800 g/mol. The molecule has 7 rings (SSSR count). The fourth-order valence-corrected chi connectivity index (χ4v) is 5.63. The van der Waals surface area contributed by atoms with E-state index in [9.17, 15) is 4.79 Å². The molecule has 51 heavy (non-hydrogen) atoms. The Balaban J connectivity index is 0.000000160. The summed E-state index contributed by atoms with van der Waals surface area (Å²) in [5, 5.41) is 3.83. The van der Waals surface area contributed by atoms with Gasteiger partial charge in [-0.2, -0.15) is 0 Å². The molecule has 3 fully saturated rings. The van der Waals surface area contributed by atoms with Gasteiger partial charge in [0.05, 0.1) is 21.7 Å². The Bertz CT molecular complexity index is 1890. The van der Waals surface area contributed by atoms with E-state index in [0.29, 0.717) is 21.8 Å². The van der Waals surface area contributed by atoms with Crippen LogP contribution in [0.5, 0.6) is 0 Å². The van der Waals surface area contributed by atoms with Crippen LogP contribution in [0.4, 0.5) is 16.4 Å². The van der Waals surface area contributed by atoms with Gasteiger partial charge >= 0.3 is 6.09 Å². The zero-order valence-corrected chi connectivity index (χ0v) is 32.0. The number of anilines is 2. The molecule has 3 aliphatic carbocycles. The van der Waals surface area contributed by atoms with Crippen molar-refractivity contribution in [2.75, 3.05) is 11.1 Å². The quantitative estimate of drug-likeness (QED) is 0.119. The Morgan fingerprint density at radius 1 is 0.765 bits per heavy atom. The van der Waals surface area contributed by atoms with Gasteiger partial charge in [0, 0.05) is 63.3 Å². The number of carbonyl (C=O) groups excluding carboxylic acids is 1. The minimum absolute atomic E-state index is 0.321. The van der Waals surface area contributed by atoms with E-state index in [1.165, 1.54) is 0 Å². The highest BCUT2D eigenvalue weighted by molar-refractivity contribution is 14.1. The number of aromatic nitrogens is 4. The summed E-state index contributed by atoms with van der Waals surface area (Å²) >= 11 is 13.6. The van der Waals surface area contributed by atoms with Crippen LogP contribution in [0.2, 0.25) is 10.2 Å². The van der Waals surface area contributed by atoms with E-state index >= 15 is 0 Å². The predicted octanol–water partition coefficient (Wildman–Crippen LogP) is 9.89. The van der Waals surface area contributed by atoms with Gasteiger partial charge in [0.2, 0.25) is 0 Å². The van der Waals surface area contributed by atoms with Gasteiger partial charge in [0.25, 0.3) is 16.6 Å². The highest BCUT2D eigenvalue weighted by atomic mass is 127. The largest absolute Gasteiger partial charge is 0.444 e. The maximum absolute atomic E-state index is 11.8. The third-order valence-corrected chi connectivity index (χ3v) is 9.84. The summed E-state index contributed by atoms with van der Waals surface area (Å²) in [6.45, 7) is 26.8. The van der Waals surface area contributed by atoms with E-state index in [0.717, 1.165) is 58.9 Å². The van der Waals surface area contributed by atoms with Crippen LogP contribution in [-0.4, -0.2) is 31.6 Å². The van der Waals surface area contributed by atoms with Gasteiger partial charge in [-0.05, 0) is 91.9 Å². The second-order valence-corrected chi connectivity index (χ2v) is 14.8. The normalized spacial score (nSPS) is 16.1. The molecule has 0 spiro atoms. The summed E-state index contributed by atoms with van der Waals surface area (Å²) in [5.74, 6) is 0.927. The number of amides is 1. The zero-order valence-electron chi connectivity index (χ0n) is 28.3. The number of nitrogens with one attached hydrogen (secondary N) is 1. The third kappa shape index (κ3) is 10.5. The van der Waals surface area contributed by atoms with Crippen molar-refractivity contribution in [2.45, 2.75) is 81.5 Å². The topological polar surface area (TPSA) is 129 Å². The zero-order chi connectivity index (χ0) is 37.3. The van der Waals surface area contributed by atoms with Gasteiger partial charge in [-0.15, -0.1) is 0 Å². The first-order valence-corrected chi connectivity index (χ1v) is 17.8. The van der Waals surface area contributed by atoms with Crippen molar-refractivity contribution in [3.05, 3.63) is 138 Å². The number of halogens is 3. The van der Waals surface area contributed by atoms with E-state index in [2.05, 4.69) is 62.4 Å². The molecule has 4 aromatic heterocycles. The summed E-state index contributed by atoms with van der Waals surface area (Å²) in [4.78, 5) is 38.6. The van der Waals surface area contributed by atoms with Crippen LogP contribution in [0.15, 0.2) is 73.3 Å². The van der Waals surface area contributed by atoms with E-state index in [4.69, 9.17) is 53.4 Å². The molecule has 0 radical (unpaired) electrons. The first-order valence-electron chi connectivity index (χ1n) is 15.9. The number of rotatable bonds is 4. The molecule has 0 unspecified atom stereocenters. The third-order valence-electron chi connectivity index (χ3n) is 8.06. The van der Waals surface area contributed by atoms with Gasteiger partial charge in [0.15, 0.2) is 0 Å². The van der Waals surface area contributed by atoms with Crippen molar-refractivity contribution in [3.63, 3.8) is 0 Å². The molecule has 14 heteroatoms. The maximum Gasteiger partial charge on any atom is 0.413 e. The molecule has 11 nitrogen and oxygen atoms in total. The van der Waals surface area contributed by atoms with E-state index < -0.39 is 17.2 Å². The SMILES string of the molecule is Clc1cccnc1I.[C-]#[N+]C1(c2cccnc2Cl)CC1.[C-]#[N+]C1(c2cccnc2N)CC1.[C-]#[N+]C1(c2cccnc2NC(=O)OC(C)(C)C)CC1. The minimum atomic E-state index is -0.559.